The highest BCUT2D eigenvalue weighted by atomic mass is 32.2. The van der Waals surface area contributed by atoms with Gasteiger partial charge in [-0.3, -0.25) is 14.4 Å². The van der Waals surface area contributed by atoms with Gasteiger partial charge in [0.15, 0.2) is 0 Å². The van der Waals surface area contributed by atoms with Crippen molar-refractivity contribution in [2.45, 2.75) is 74.7 Å². The van der Waals surface area contributed by atoms with Gasteiger partial charge in [0.05, 0.1) is 36.7 Å². The Morgan fingerprint density at radius 2 is 1.78 bits per heavy atom. The van der Waals surface area contributed by atoms with Crippen molar-refractivity contribution in [2.24, 2.45) is 5.92 Å². The fourth-order valence-corrected chi connectivity index (χ4v) is 9.46. The maximum absolute atomic E-state index is 14.1. The van der Waals surface area contributed by atoms with Gasteiger partial charge in [0.25, 0.3) is 5.92 Å². The van der Waals surface area contributed by atoms with E-state index >= 15 is 0 Å². The molecule has 1 amide bonds. The second kappa shape index (κ2) is 15.0. The van der Waals surface area contributed by atoms with Crippen molar-refractivity contribution >= 4 is 27.7 Å². The molecule has 0 aliphatic carbocycles. The number of carbonyl (C=O) groups is 1. The minimum Gasteiger partial charge on any atom is -0.390 e. The van der Waals surface area contributed by atoms with Gasteiger partial charge in [-0.25, -0.2) is 17.2 Å². The lowest BCUT2D eigenvalue weighted by atomic mass is 9.95. The van der Waals surface area contributed by atoms with Gasteiger partial charge in [-0.2, -0.15) is 22.6 Å². The molecule has 0 spiro atoms. The topological polar surface area (TPSA) is 102 Å². The SMILES string of the molecule is CS(=O)(=O)N1CCc2c(c(-c3ccc(C(F)(F)F)c(SCCN4CCC(F)(F)C4)c3)nn2CC(O)CN2CCC(C(=O)N3CCCC3)CC2)C1. The maximum atomic E-state index is 14.1. The molecule has 6 rings (SSSR count). The second-order valence-corrected chi connectivity index (χ2v) is 17.1. The van der Waals surface area contributed by atoms with Gasteiger partial charge in [0.2, 0.25) is 15.9 Å². The fraction of sp³-hybridized carbons (Fsp3) is 0.697. The minimum atomic E-state index is -4.65. The predicted octanol–water partition coefficient (Wildman–Crippen LogP) is 4.02. The number of sulfonamides is 1. The van der Waals surface area contributed by atoms with Crippen LogP contribution in [0.2, 0.25) is 0 Å². The number of carbonyl (C=O) groups excluding carboxylic acids is 1. The largest absolute Gasteiger partial charge is 0.417 e. The molecular weight excluding hydrogens is 704 g/mol. The second-order valence-electron chi connectivity index (χ2n) is 14.0. The molecule has 0 bridgehead atoms. The molecule has 1 aromatic carbocycles. The first kappa shape index (κ1) is 37.4. The summed E-state index contributed by atoms with van der Waals surface area (Å²) in [5.74, 6) is -2.40. The number of β-amino-alcohol motifs (C(OH)–C–C–N with tert-alkyl or cyclic N) is 1. The highest BCUT2D eigenvalue weighted by Crippen LogP contribution is 2.41. The molecule has 3 saturated heterocycles. The van der Waals surface area contributed by atoms with E-state index in [1.807, 2.05) is 4.90 Å². The predicted molar refractivity (Wildman–Crippen MR) is 179 cm³/mol. The van der Waals surface area contributed by atoms with Crippen LogP contribution in [0.3, 0.4) is 0 Å². The van der Waals surface area contributed by atoms with Gasteiger partial charge in [0.1, 0.15) is 0 Å². The van der Waals surface area contributed by atoms with Crippen LogP contribution in [0.15, 0.2) is 23.1 Å². The molecule has 1 aromatic heterocycles. The van der Waals surface area contributed by atoms with Gasteiger partial charge >= 0.3 is 6.18 Å². The molecule has 17 heteroatoms. The number of amides is 1. The Labute approximate surface area is 294 Å². The Morgan fingerprint density at radius 3 is 2.42 bits per heavy atom. The molecule has 4 aliphatic rings. The summed E-state index contributed by atoms with van der Waals surface area (Å²) in [6, 6.07) is 3.70. The smallest absolute Gasteiger partial charge is 0.390 e. The first-order valence-electron chi connectivity index (χ1n) is 17.2. The van der Waals surface area contributed by atoms with Crippen LogP contribution in [0.5, 0.6) is 0 Å². The van der Waals surface area contributed by atoms with E-state index in [1.165, 1.54) is 16.4 Å². The molecule has 0 radical (unpaired) electrons. The van der Waals surface area contributed by atoms with Gasteiger partial charge in [-0.15, -0.1) is 11.8 Å². The number of aliphatic hydroxyl groups is 1. The number of likely N-dealkylation sites (tertiary alicyclic amines) is 3. The van der Waals surface area contributed by atoms with Crippen molar-refractivity contribution in [3.8, 4) is 11.3 Å². The zero-order valence-electron chi connectivity index (χ0n) is 28.2. The Kier molecular flexibility index (Phi) is 11.2. The van der Waals surface area contributed by atoms with Crippen LogP contribution in [-0.2, 0) is 40.5 Å². The molecule has 2 aromatic rings. The molecule has 4 aliphatic heterocycles. The van der Waals surface area contributed by atoms with E-state index in [2.05, 4.69) is 4.90 Å². The minimum absolute atomic E-state index is 0.00303. The van der Waals surface area contributed by atoms with Crippen LogP contribution in [0.1, 0.15) is 48.9 Å². The summed E-state index contributed by atoms with van der Waals surface area (Å²) in [5, 5.41) is 16.0. The molecule has 10 nitrogen and oxygen atoms in total. The monoisotopic (exact) mass is 748 g/mol. The normalized spacial score (nSPS) is 21.9. The Balaban J connectivity index is 1.19. The number of rotatable bonds is 11. The van der Waals surface area contributed by atoms with E-state index in [4.69, 9.17) is 5.10 Å². The molecule has 1 atom stereocenters. The number of alkyl halides is 5. The lowest BCUT2D eigenvalue weighted by molar-refractivity contribution is -0.139. The van der Waals surface area contributed by atoms with Gasteiger partial charge in [0, 0.05) is 92.0 Å². The molecule has 0 saturated carbocycles. The number of hydrogen-bond donors (Lipinski definition) is 1. The van der Waals surface area contributed by atoms with Crippen molar-refractivity contribution in [1.29, 1.82) is 0 Å². The third-order valence-corrected chi connectivity index (χ3v) is 12.5. The Hall–Kier alpha value is -2.31. The van der Waals surface area contributed by atoms with Crippen LogP contribution in [0, 0.1) is 5.92 Å². The van der Waals surface area contributed by atoms with Crippen molar-refractivity contribution in [3.05, 3.63) is 35.0 Å². The number of aromatic nitrogens is 2. The van der Waals surface area contributed by atoms with E-state index in [9.17, 15) is 40.3 Å². The van der Waals surface area contributed by atoms with E-state index < -0.39 is 40.3 Å². The molecular formula is C33H45F5N6O4S2. The number of nitrogens with zero attached hydrogens (tertiary/aromatic N) is 6. The zero-order valence-corrected chi connectivity index (χ0v) is 29.8. The van der Waals surface area contributed by atoms with Crippen LogP contribution in [-0.4, -0.2) is 131 Å². The molecule has 278 valence electrons. The Morgan fingerprint density at radius 1 is 1.06 bits per heavy atom. The van der Waals surface area contributed by atoms with Crippen LogP contribution < -0.4 is 0 Å². The highest BCUT2D eigenvalue weighted by molar-refractivity contribution is 7.99. The molecule has 50 heavy (non-hydrogen) atoms. The lowest BCUT2D eigenvalue weighted by Crippen LogP contribution is -2.44. The summed E-state index contributed by atoms with van der Waals surface area (Å²) in [6.45, 7) is 3.64. The molecule has 5 heterocycles. The van der Waals surface area contributed by atoms with Crippen molar-refractivity contribution in [1.82, 2.24) is 28.8 Å². The summed E-state index contributed by atoms with van der Waals surface area (Å²) in [7, 11) is -3.58. The number of fused-ring (bicyclic) bond motifs is 1. The zero-order chi connectivity index (χ0) is 35.8. The first-order valence-corrected chi connectivity index (χ1v) is 20.1. The first-order chi connectivity index (χ1) is 23.6. The number of aliphatic hydroxyl groups excluding tert-OH is 1. The number of thioether (sulfide) groups is 1. The summed E-state index contributed by atoms with van der Waals surface area (Å²) in [5.41, 5.74) is 1.17. The highest BCUT2D eigenvalue weighted by Gasteiger charge is 2.39. The molecule has 1 N–H and O–H groups in total. The maximum Gasteiger partial charge on any atom is 0.417 e. The summed E-state index contributed by atoms with van der Waals surface area (Å²) in [4.78, 5) is 18.4. The van der Waals surface area contributed by atoms with E-state index in [-0.39, 0.29) is 61.6 Å². The lowest BCUT2D eigenvalue weighted by Gasteiger charge is -2.34. The summed E-state index contributed by atoms with van der Waals surface area (Å²) in [6.07, 6.45) is -0.780. The average Bonchev–Trinajstić information content (AvgIpc) is 3.79. The summed E-state index contributed by atoms with van der Waals surface area (Å²) >= 11 is 0.941. The van der Waals surface area contributed by atoms with E-state index in [1.54, 1.807) is 9.58 Å². The summed E-state index contributed by atoms with van der Waals surface area (Å²) < 4.78 is 97.5. The number of hydrogen-bond acceptors (Lipinski definition) is 8. The van der Waals surface area contributed by atoms with Crippen LogP contribution >= 0.6 is 11.8 Å². The van der Waals surface area contributed by atoms with Crippen LogP contribution in [0.25, 0.3) is 11.3 Å². The van der Waals surface area contributed by atoms with E-state index in [0.717, 1.165) is 68.6 Å². The van der Waals surface area contributed by atoms with Gasteiger partial charge < -0.3 is 14.9 Å². The fourth-order valence-electron chi connectivity index (χ4n) is 7.55. The molecule has 1 unspecified atom stereocenters. The van der Waals surface area contributed by atoms with Crippen molar-refractivity contribution < 1.29 is 40.3 Å². The number of halogens is 5. The average molecular weight is 749 g/mol. The van der Waals surface area contributed by atoms with Crippen LogP contribution in [0.4, 0.5) is 22.0 Å². The number of benzene rings is 1. The van der Waals surface area contributed by atoms with Crippen molar-refractivity contribution in [2.75, 3.05) is 70.9 Å². The standard InChI is InChI=1S/C33H45F5N6O4S2/c1-50(47,48)43-14-8-28-26(21-43)30(24-4-5-27(33(36,37)38)29(18-24)49-17-16-41-15-9-32(34,35)22-41)39-44(28)20-25(45)19-40-12-6-23(7-13-40)31(46)42-10-2-3-11-42/h4-5,18,23,25,45H,2-3,6-17,19-22H2,1H3. The van der Waals surface area contributed by atoms with Crippen molar-refractivity contribution in [3.63, 3.8) is 0 Å². The third kappa shape index (κ3) is 8.82. The molecule has 3 fully saturated rings. The third-order valence-electron chi connectivity index (χ3n) is 10.2. The Bertz CT molecular complexity index is 1640. The van der Waals surface area contributed by atoms with Gasteiger partial charge in [-0.1, -0.05) is 6.07 Å². The van der Waals surface area contributed by atoms with Gasteiger partial charge in [-0.05, 0) is 50.9 Å². The quantitative estimate of drug-likeness (QED) is 0.272. The van der Waals surface area contributed by atoms with E-state index in [0.29, 0.717) is 42.9 Å². The number of piperidine rings is 1.